The number of ether oxygens (including phenoxy) is 1. The molecule has 0 aliphatic heterocycles. The molecule has 0 fully saturated rings. The van der Waals surface area contributed by atoms with E-state index in [1.807, 2.05) is 0 Å². The number of aromatic carboxylic acids is 1. The number of carboxylic acids is 1. The van der Waals surface area contributed by atoms with Gasteiger partial charge in [-0.15, -0.1) is 11.3 Å². The largest absolute Gasteiger partial charge is 0.496 e. The number of halogens is 1. The van der Waals surface area contributed by atoms with Crippen molar-refractivity contribution in [2.45, 2.75) is 0 Å². The number of rotatable bonds is 4. The van der Waals surface area contributed by atoms with Crippen LogP contribution in [0.15, 0.2) is 30.3 Å². The van der Waals surface area contributed by atoms with Crippen LogP contribution in [0.1, 0.15) is 20.0 Å². The van der Waals surface area contributed by atoms with Gasteiger partial charge in [0.15, 0.2) is 0 Å². The van der Waals surface area contributed by atoms with Crippen molar-refractivity contribution < 1.29 is 23.8 Å². The smallest absolute Gasteiger partial charge is 0.345 e. The van der Waals surface area contributed by atoms with Crippen molar-refractivity contribution in [2.75, 3.05) is 12.4 Å². The van der Waals surface area contributed by atoms with Gasteiger partial charge < -0.3 is 15.2 Å². The number of carboxylic acid groups (broad SMARTS) is 1. The van der Waals surface area contributed by atoms with Crippen LogP contribution in [0.5, 0.6) is 5.75 Å². The molecule has 0 aliphatic carbocycles. The standard InChI is InChI=1S/C13H10FNO4S/c1-19-8-4-2-3-7(14)11(8)12(16)15-10-6-5-9(20-10)13(17)18/h2-6H,1H3,(H,15,16)(H,17,18). The Morgan fingerprint density at radius 3 is 2.65 bits per heavy atom. The van der Waals surface area contributed by atoms with E-state index in [4.69, 9.17) is 9.84 Å². The lowest BCUT2D eigenvalue weighted by Gasteiger charge is -2.08. The molecule has 1 heterocycles. The summed E-state index contributed by atoms with van der Waals surface area (Å²) in [4.78, 5) is 22.8. The van der Waals surface area contributed by atoms with Gasteiger partial charge in [0.2, 0.25) is 0 Å². The molecule has 2 N–H and O–H groups in total. The third kappa shape index (κ3) is 2.77. The third-order valence-electron chi connectivity index (χ3n) is 2.48. The monoisotopic (exact) mass is 295 g/mol. The molecule has 0 saturated carbocycles. The fraction of sp³-hybridized carbons (Fsp3) is 0.0769. The van der Waals surface area contributed by atoms with Crippen molar-refractivity contribution in [3.05, 3.63) is 46.6 Å². The lowest BCUT2D eigenvalue weighted by Crippen LogP contribution is -2.14. The maximum atomic E-state index is 13.7. The quantitative estimate of drug-likeness (QED) is 0.909. The molecule has 7 heteroatoms. The van der Waals surface area contributed by atoms with E-state index in [0.717, 1.165) is 17.4 Å². The molecule has 20 heavy (non-hydrogen) atoms. The van der Waals surface area contributed by atoms with Gasteiger partial charge >= 0.3 is 5.97 Å². The summed E-state index contributed by atoms with van der Waals surface area (Å²) in [6.45, 7) is 0. The Balaban J connectivity index is 2.26. The fourth-order valence-electron chi connectivity index (χ4n) is 1.59. The van der Waals surface area contributed by atoms with Crippen molar-refractivity contribution in [1.82, 2.24) is 0 Å². The average molecular weight is 295 g/mol. The molecule has 104 valence electrons. The molecule has 1 aromatic carbocycles. The highest BCUT2D eigenvalue weighted by molar-refractivity contribution is 7.18. The Morgan fingerprint density at radius 2 is 2.05 bits per heavy atom. The summed E-state index contributed by atoms with van der Waals surface area (Å²) in [5.74, 6) is -2.38. The molecule has 2 aromatic rings. The molecule has 1 aromatic heterocycles. The molecular formula is C13H10FNO4S. The van der Waals surface area contributed by atoms with E-state index in [9.17, 15) is 14.0 Å². The van der Waals surface area contributed by atoms with Crippen molar-refractivity contribution in [2.24, 2.45) is 0 Å². The summed E-state index contributed by atoms with van der Waals surface area (Å²) in [7, 11) is 1.33. The minimum absolute atomic E-state index is 0.0841. The summed E-state index contributed by atoms with van der Waals surface area (Å²) >= 11 is 0.889. The van der Waals surface area contributed by atoms with Gasteiger partial charge in [-0.3, -0.25) is 4.79 Å². The van der Waals surface area contributed by atoms with E-state index in [2.05, 4.69) is 5.32 Å². The number of carbonyl (C=O) groups excluding carboxylic acids is 1. The zero-order valence-corrected chi connectivity index (χ0v) is 11.2. The molecule has 0 unspecified atom stereocenters. The minimum Gasteiger partial charge on any atom is -0.496 e. The Bertz CT molecular complexity index is 668. The Kier molecular flexibility index (Phi) is 3.99. The maximum Gasteiger partial charge on any atom is 0.345 e. The second-order valence-electron chi connectivity index (χ2n) is 3.74. The van der Waals surface area contributed by atoms with Crippen molar-refractivity contribution in [3.63, 3.8) is 0 Å². The number of nitrogens with one attached hydrogen (secondary N) is 1. The first-order valence-electron chi connectivity index (χ1n) is 5.50. The molecular weight excluding hydrogens is 285 g/mol. The van der Waals surface area contributed by atoms with Crippen LogP contribution in [0, 0.1) is 5.82 Å². The highest BCUT2D eigenvalue weighted by Gasteiger charge is 2.18. The number of benzene rings is 1. The van der Waals surface area contributed by atoms with Gasteiger partial charge in [0, 0.05) is 0 Å². The summed E-state index contributed by atoms with van der Waals surface area (Å²) < 4.78 is 18.6. The Morgan fingerprint density at radius 1 is 1.30 bits per heavy atom. The van der Waals surface area contributed by atoms with Crippen LogP contribution in [0.3, 0.4) is 0 Å². The van der Waals surface area contributed by atoms with Gasteiger partial charge in [-0.25, -0.2) is 9.18 Å². The second-order valence-corrected chi connectivity index (χ2v) is 4.82. The predicted molar refractivity (Wildman–Crippen MR) is 72.2 cm³/mol. The van der Waals surface area contributed by atoms with E-state index in [1.54, 1.807) is 0 Å². The van der Waals surface area contributed by atoms with Crippen molar-refractivity contribution in [3.8, 4) is 5.75 Å². The summed E-state index contributed by atoms with van der Waals surface area (Å²) in [6, 6.07) is 6.85. The van der Waals surface area contributed by atoms with Gasteiger partial charge in [-0.1, -0.05) is 6.07 Å². The first-order valence-corrected chi connectivity index (χ1v) is 6.31. The Labute approximate surface area is 117 Å². The highest BCUT2D eigenvalue weighted by Crippen LogP contribution is 2.26. The predicted octanol–water partition coefficient (Wildman–Crippen LogP) is 2.85. The summed E-state index contributed by atoms with van der Waals surface area (Å²) in [6.07, 6.45) is 0. The minimum atomic E-state index is -1.08. The van der Waals surface area contributed by atoms with E-state index in [0.29, 0.717) is 5.00 Å². The van der Waals surface area contributed by atoms with Gasteiger partial charge in [-0.05, 0) is 24.3 Å². The SMILES string of the molecule is COc1cccc(F)c1C(=O)Nc1ccc(C(=O)O)s1. The van der Waals surface area contributed by atoms with E-state index in [-0.39, 0.29) is 16.2 Å². The van der Waals surface area contributed by atoms with Crippen LogP contribution in [0.2, 0.25) is 0 Å². The third-order valence-corrected chi connectivity index (χ3v) is 3.46. The molecule has 0 spiro atoms. The van der Waals surface area contributed by atoms with Gasteiger partial charge in [0.1, 0.15) is 22.0 Å². The van der Waals surface area contributed by atoms with E-state index >= 15 is 0 Å². The zero-order valence-electron chi connectivity index (χ0n) is 10.3. The van der Waals surface area contributed by atoms with Crippen LogP contribution >= 0.6 is 11.3 Å². The molecule has 0 atom stereocenters. The summed E-state index contributed by atoms with van der Waals surface area (Å²) in [5, 5.41) is 11.6. The van der Waals surface area contributed by atoms with Crippen LogP contribution in [0.4, 0.5) is 9.39 Å². The van der Waals surface area contributed by atoms with Gasteiger partial charge in [0.05, 0.1) is 12.1 Å². The number of methoxy groups -OCH3 is 1. The van der Waals surface area contributed by atoms with Crippen molar-refractivity contribution in [1.29, 1.82) is 0 Å². The van der Waals surface area contributed by atoms with Crippen LogP contribution in [-0.2, 0) is 0 Å². The number of carbonyl (C=O) groups is 2. The van der Waals surface area contributed by atoms with E-state index < -0.39 is 17.7 Å². The first-order chi connectivity index (χ1) is 9.52. The Hall–Kier alpha value is -2.41. The summed E-state index contributed by atoms with van der Waals surface area (Å²) in [5.41, 5.74) is -0.222. The normalized spacial score (nSPS) is 10.1. The lowest BCUT2D eigenvalue weighted by molar-refractivity contribution is 0.0702. The number of anilines is 1. The fourth-order valence-corrected chi connectivity index (χ4v) is 2.33. The van der Waals surface area contributed by atoms with Gasteiger partial charge in [-0.2, -0.15) is 0 Å². The molecule has 5 nitrogen and oxygen atoms in total. The highest BCUT2D eigenvalue weighted by atomic mass is 32.1. The van der Waals surface area contributed by atoms with E-state index in [1.165, 1.54) is 31.4 Å². The molecule has 0 radical (unpaired) electrons. The van der Waals surface area contributed by atoms with Crippen LogP contribution in [-0.4, -0.2) is 24.1 Å². The lowest BCUT2D eigenvalue weighted by atomic mass is 10.1. The van der Waals surface area contributed by atoms with Gasteiger partial charge in [0.25, 0.3) is 5.91 Å². The average Bonchev–Trinajstić information content (AvgIpc) is 2.86. The topological polar surface area (TPSA) is 75.6 Å². The molecule has 1 amide bonds. The van der Waals surface area contributed by atoms with Crippen LogP contribution in [0.25, 0.3) is 0 Å². The number of thiophene rings is 1. The zero-order chi connectivity index (χ0) is 14.7. The molecule has 0 saturated heterocycles. The molecule has 0 bridgehead atoms. The first kappa shape index (κ1) is 14.0. The number of amides is 1. The van der Waals surface area contributed by atoms with Crippen LogP contribution < -0.4 is 10.1 Å². The second kappa shape index (κ2) is 5.70. The number of hydrogen-bond donors (Lipinski definition) is 2. The number of hydrogen-bond acceptors (Lipinski definition) is 4. The van der Waals surface area contributed by atoms with Crippen molar-refractivity contribution >= 4 is 28.2 Å². The maximum absolute atomic E-state index is 13.7. The molecule has 2 rings (SSSR count). The molecule has 0 aliphatic rings.